The van der Waals surface area contributed by atoms with E-state index in [1.807, 2.05) is 11.8 Å². The summed E-state index contributed by atoms with van der Waals surface area (Å²) in [6.07, 6.45) is 0.971. The molecule has 0 fully saturated rings. The zero-order valence-electron chi connectivity index (χ0n) is 10.1. The highest BCUT2D eigenvalue weighted by atomic mass is 32.1. The molecule has 0 bridgehead atoms. The van der Waals surface area contributed by atoms with Gasteiger partial charge in [0.1, 0.15) is 0 Å². The topological polar surface area (TPSA) is 46.3 Å². The molecule has 0 atom stereocenters. The minimum Gasteiger partial charge on any atom is -0.398 e. The average molecular weight is 278 g/mol. The molecule has 0 aromatic carbocycles. The van der Waals surface area contributed by atoms with E-state index in [1.54, 1.807) is 17.4 Å². The fraction of sp³-hybridized carbons (Fsp3) is 0.308. The summed E-state index contributed by atoms with van der Waals surface area (Å²) in [6, 6.07) is 3.92. The second-order valence-corrected chi connectivity index (χ2v) is 6.72. The number of carbonyl (C=O) groups excluding carboxylic acids is 1. The smallest absolute Gasteiger partial charge is 0.264 e. The Bertz CT molecular complexity index is 580. The van der Waals surface area contributed by atoms with Crippen LogP contribution in [-0.4, -0.2) is 17.4 Å². The van der Waals surface area contributed by atoms with Gasteiger partial charge in [-0.15, -0.1) is 22.7 Å². The van der Waals surface area contributed by atoms with Crippen LogP contribution in [0.25, 0.3) is 0 Å². The largest absolute Gasteiger partial charge is 0.398 e. The fourth-order valence-electron chi connectivity index (χ4n) is 2.18. The number of nitrogens with zero attached hydrogens (tertiary/aromatic N) is 1. The van der Waals surface area contributed by atoms with Crippen molar-refractivity contribution >= 4 is 34.3 Å². The predicted octanol–water partition coefficient (Wildman–Crippen LogP) is 2.90. The lowest BCUT2D eigenvalue weighted by Gasteiger charge is -2.26. The Morgan fingerprint density at radius 1 is 1.50 bits per heavy atom. The summed E-state index contributed by atoms with van der Waals surface area (Å²) in [4.78, 5) is 17.5. The van der Waals surface area contributed by atoms with E-state index >= 15 is 0 Å². The van der Waals surface area contributed by atoms with Crippen molar-refractivity contribution in [1.82, 2.24) is 4.90 Å². The number of nitrogen functional groups attached to an aromatic ring is 1. The number of fused-ring (bicyclic) bond motifs is 1. The van der Waals surface area contributed by atoms with E-state index in [-0.39, 0.29) is 5.91 Å². The van der Waals surface area contributed by atoms with Crippen molar-refractivity contribution in [3.63, 3.8) is 0 Å². The molecule has 0 spiro atoms. The van der Waals surface area contributed by atoms with Crippen LogP contribution in [0, 0.1) is 6.92 Å². The van der Waals surface area contributed by atoms with E-state index in [0.29, 0.717) is 0 Å². The first kappa shape index (κ1) is 11.7. The van der Waals surface area contributed by atoms with Crippen molar-refractivity contribution in [2.45, 2.75) is 19.9 Å². The summed E-state index contributed by atoms with van der Waals surface area (Å²) < 4.78 is 0. The van der Waals surface area contributed by atoms with Crippen molar-refractivity contribution in [1.29, 1.82) is 0 Å². The molecule has 1 aliphatic heterocycles. The van der Waals surface area contributed by atoms with E-state index in [0.717, 1.165) is 35.0 Å². The van der Waals surface area contributed by atoms with Crippen molar-refractivity contribution in [2.75, 3.05) is 12.3 Å². The summed E-state index contributed by atoms with van der Waals surface area (Å²) in [5, 5.41) is 2.10. The first-order valence-corrected chi connectivity index (χ1v) is 7.55. The number of anilines is 1. The number of hydrogen-bond acceptors (Lipinski definition) is 4. The highest BCUT2D eigenvalue weighted by molar-refractivity contribution is 7.14. The van der Waals surface area contributed by atoms with E-state index in [9.17, 15) is 4.79 Å². The maximum Gasteiger partial charge on any atom is 0.264 e. The van der Waals surface area contributed by atoms with Crippen LogP contribution in [0.5, 0.6) is 0 Å². The minimum absolute atomic E-state index is 0.108. The van der Waals surface area contributed by atoms with Crippen molar-refractivity contribution < 1.29 is 4.79 Å². The maximum atomic E-state index is 12.4. The monoisotopic (exact) mass is 278 g/mol. The zero-order valence-corrected chi connectivity index (χ0v) is 11.7. The molecule has 5 heteroatoms. The lowest BCUT2D eigenvalue weighted by molar-refractivity contribution is 0.0741. The van der Waals surface area contributed by atoms with Gasteiger partial charge >= 0.3 is 0 Å². The molecule has 3 rings (SSSR count). The summed E-state index contributed by atoms with van der Waals surface area (Å²) in [5.41, 5.74) is 7.82. The third-order valence-electron chi connectivity index (χ3n) is 3.26. The van der Waals surface area contributed by atoms with Crippen molar-refractivity contribution in [3.8, 4) is 0 Å². The Labute approximate surface area is 114 Å². The molecule has 3 heterocycles. The van der Waals surface area contributed by atoms with Gasteiger partial charge in [0.05, 0.1) is 4.88 Å². The Hall–Kier alpha value is -1.33. The van der Waals surface area contributed by atoms with Gasteiger partial charge in [-0.25, -0.2) is 0 Å². The van der Waals surface area contributed by atoms with Gasteiger partial charge < -0.3 is 10.6 Å². The molecule has 0 saturated carbocycles. The van der Waals surface area contributed by atoms with Gasteiger partial charge in [0.25, 0.3) is 5.91 Å². The standard InChI is InChI=1S/C13H14N2OS2/c1-8-10(14)6-12(18-8)13(16)15-4-2-11-9(7-15)3-5-17-11/h3,5-6H,2,4,7,14H2,1H3. The fourth-order valence-corrected chi connectivity index (χ4v) is 3.98. The SMILES string of the molecule is Cc1sc(C(=O)N2CCc3sccc3C2)cc1N. The molecular weight excluding hydrogens is 264 g/mol. The molecule has 2 aromatic heterocycles. The summed E-state index contributed by atoms with van der Waals surface area (Å²) >= 11 is 3.27. The molecule has 2 N–H and O–H groups in total. The molecule has 18 heavy (non-hydrogen) atoms. The number of carbonyl (C=O) groups is 1. The summed E-state index contributed by atoms with van der Waals surface area (Å²) in [5.74, 6) is 0.108. The molecule has 94 valence electrons. The molecule has 0 saturated heterocycles. The van der Waals surface area contributed by atoms with Crippen LogP contribution in [-0.2, 0) is 13.0 Å². The summed E-state index contributed by atoms with van der Waals surface area (Å²) in [6.45, 7) is 3.49. The van der Waals surface area contributed by atoms with Crippen LogP contribution in [0.3, 0.4) is 0 Å². The first-order valence-electron chi connectivity index (χ1n) is 5.85. The third-order valence-corrected chi connectivity index (χ3v) is 5.34. The molecule has 3 nitrogen and oxygen atoms in total. The van der Waals surface area contributed by atoms with Crippen molar-refractivity contribution in [2.24, 2.45) is 0 Å². The molecular formula is C13H14N2OS2. The van der Waals surface area contributed by atoms with Gasteiger partial charge in [0.2, 0.25) is 0 Å². The van der Waals surface area contributed by atoms with Gasteiger partial charge in [-0.1, -0.05) is 0 Å². The molecule has 0 unspecified atom stereocenters. The Morgan fingerprint density at radius 2 is 2.33 bits per heavy atom. The van der Waals surface area contributed by atoms with Crippen molar-refractivity contribution in [3.05, 3.63) is 37.7 Å². The van der Waals surface area contributed by atoms with E-state index in [4.69, 9.17) is 5.73 Å². The third kappa shape index (κ3) is 1.93. The van der Waals surface area contributed by atoms with Crippen LogP contribution >= 0.6 is 22.7 Å². The Kier molecular flexibility index (Phi) is 2.87. The van der Waals surface area contributed by atoms with Gasteiger partial charge in [-0.2, -0.15) is 0 Å². The van der Waals surface area contributed by atoms with Gasteiger partial charge in [0.15, 0.2) is 0 Å². The number of nitrogens with two attached hydrogens (primary N) is 1. The van der Waals surface area contributed by atoms with Gasteiger partial charge in [0, 0.05) is 28.5 Å². The lowest BCUT2D eigenvalue weighted by Crippen LogP contribution is -2.34. The molecule has 1 aliphatic rings. The van der Waals surface area contributed by atoms with Crippen LogP contribution < -0.4 is 5.73 Å². The normalized spacial score (nSPS) is 14.6. The molecule has 1 amide bonds. The van der Waals surface area contributed by atoms with E-state index in [1.165, 1.54) is 21.8 Å². The Balaban J connectivity index is 1.82. The second-order valence-electron chi connectivity index (χ2n) is 4.47. The number of rotatable bonds is 1. The number of aryl methyl sites for hydroxylation is 1. The second kappa shape index (κ2) is 4.40. The van der Waals surface area contributed by atoms with Crippen LogP contribution in [0.1, 0.15) is 25.0 Å². The van der Waals surface area contributed by atoms with E-state index < -0.39 is 0 Å². The Morgan fingerprint density at radius 3 is 3.06 bits per heavy atom. The minimum atomic E-state index is 0.108. The lowest BCUT2D eigenvalue weighted by atomic mass is 10.1. The quantitative estimate of drug-likeness (QED) is 0.872. The van der Waals surface area contributed by atoms with Gasteiger partial charge in [-0.05, 0) is 36.4 Å². The summed E-state index contributed by atoms with van der Waals surface area (Å²) in [7, 11) is 0. The molecule has 0 radical (unpaired) electrons. The number of hydrogen-bond donors (Lipinski definition) is 1. The van der Waals surface area contributed by atoms with Crippen LogP contribution in [0.15, 0.2) is 17.5 Å². The predicted molar refractivity (Wildman–Crippen MR) is 76.2 cm³/mol. The number of amides is 1. The highest BCUT2D eigenvalue weighted by Crippen LogP contribution is 2.28. The van der Waals surface area contributed by atoms with Crippen LogP contribution in [0.4, 0.5) is 5.69 Å². The maximum absolute atomic E-state index is 12.4. The average Bonchev–Trinajstić information content (AvgIpc) is 2.95. The molecule has 0 aliphatic carbocycles. The zero-order chi connectivity index (χ0) is 12.7. The highest BCUT2D eigenvalue weighted by Gasteiger charge is 2.23. The molecule has 2 aromatic rings. The van der Waals surface area contributed by atoms with Crippen LogP contribution in [0.2, 0.25) is 0 Å². The number of thiophene rings is 2. The first-order chi connectivity index (χ1) is 8.65. The van der Waals surface area contributed by atoms with Gasteiger partial charge in [-0.3, -0.25) is 4.79 Å². The van der Waals surface area contributed by atoms with E-state index in [2.05, 4.69) is 11.4 Å².